The number of nitrogens with zero attached hydrogens (tertiary/aromatic N) is 3. The zero-order chi connectivity index (χ0) is 24.8. The summed E-state index contributed by atoms with van der Waals surface area (Å²) in [6.45, 7) is 2.18. The largest absolute Gasteiger partial charge is 0.129 e. The minimum Gasteiger partial charge on any atom is -0.129 e. The minimum absolute atomic E-state index is 0.835. The van der Waals surface area contributed by atoms with Crippen molar-refractivity contribution in [3.05, 3.63) is 127 Å². The van der Waals surface area contributed by atoms with Crippen LogP contribution in [0.25, 0.3) is 66.0 Å². The van der Waals surface area contributed by atoms with Crippen LogP contribution in [0.3, 0.4) is 0 Å². The quantitative estimate of drug-likeness (QED) is 0.241. The number of hydrogen-bond donors (Lipinski definition) is 0. The summed E-state index contributed by atoms with van der Waals surface area (Å²) in [4.78, 5) is 0. The molecule has 7 aromatic rings. The highest BCUT2D eigenvalue weighted by molar-refractivity contribution is 6.29. The van der Waals surface area contributed by atoms with E-state index in [2.05, 4.69) is 107 Å². The third-order valence-corrected chi connectivity index (χ3v) is 7.22. The summed E-state index contributed by atoms with van der Waals surface area (Å²) in [5.74, 6) is 0. The lowest BCUT2D eigenvalue weighted by molar-refractivity contribution is 0.878. The van der Waals surface area contributed by atoms with Gasteiger partial charge in [-0.3, -0.25) is 0 Å². The molecule has 1 aromatic heterocycles. The average molecular weight is 474 g/mol. The second kappa shape index (κ2) is 8.65. The Balaban J connectivity index is 1.72. The van der Waals surface area contributed by atoms with Gasteiger partial charge in [-0.1, -0.05) is 121 Å². The van der Waals surface area contributed by atoms with Crippen molar-refractivity contribution in [3.8, 4) is 33.6 Å². The Labute approximate surface area is 215 Å². The highest BCUT2D eigenvalue weighted by atomic mass is 15.3. The molecule has 174 valence electrons. The fourth-order valence-electron chi connectivity index (χ4n) is 5.58. The lowest BCUT2D eigenvalue weighted by Crippen LogP contribution is -2.02. The third-order valence-electron chi connectivity index (χ3n) is 7.22. The van der Waals surface area contributed by atoms with Crippen LogP contribution in [0.4, 0.5) is 0 Å². The SMILES string of the molecule is Cc1ccc2c3ccccc3c3ccccc3c2c1-c1c(-c2ccccc2)nnnc1-c1ccccc1. The van der Waals surface area contributed by atoms with Gasteiger partial charge in [-0.25, -0.2) is 0 Å². The van der Waals surface area contributed by atoms with Gasteiger partial charge in [-0.2, -0.15) is 0 Å². The highest BCUT2D eigenvalue weighted by Crippen LogP contribution is 2.46. The molecule has 0 saturated carbocycles. The summed E-state index contributed by atoms with van der Waals surface area (Å²) >= 11 is 0. The molecule has 0 aliphatic heterocycles. The zero-order valence-corrected chi connectivity index (χ0v) is 20.4. The van der Waals surface area contributed by atoms with Gasteiger partial charge in [-0.15, -0.1) is 10.2 Å². The van der Waals surface area contributed by atoms with Crippen LogP contribution >= 0.6 is 0 Å². The van der Waals surface area contributed by atoms with E-state index in [1.807, 2.05) is 36.4 Å². The van der Waals surface area contributed by atoms with Crippen LogP contribution in [0.2, 0.25) is 0 Å². The van der Waals surface area contributed by atoms with Crippen molar-refractivity contribution < 1.29 is 0 Å². The Morgan fingerprint density at radius 2 is 0.838 bits per heavy atom. The maximum absolute atomic E-state index is 4.64. The molecule has 0 atom stereocenters. The van der Waals surface area contributed by atoms with Gasteiger partial charge in [0.1, 0.15) is 11.4 Å². The number of hydrogen-bond acceptors (Lipinski definition) is 3. The van der Waals surface area contributed by atoms with Crippen LogP contribution in [0.1, 0.15) is 5.56 Å². The predicted octanol–water partition coefficient (Wildman–Crippen LogP) is 8.64. The number of aromatic nitrogens is 3. The summed E-state index contributed by atoms with van der Waals surface area (Å²) in [5.41, 5.74) is 7.05. The van der Waals surface area contributed by atoms with Gasteiger partial charge < -0.3 is 0 Å². The molecule has 3 heteroatoms. The fourth-order valence-corrected chi connectivity index (χ4v) is 5.58. The second-order valence-electron chi connectivity index (χ2n) is 9.36. The molecule has 7 rings (SSSR count). The van der Waals surface area contributed by atoms with Gasteiger partial charge in [0.25, 0.3) is 0 Å². The lowest BCUT2D eigenvalue weighted by Gasteiger charge is -2.20. The molecular weight excluding hydrogens is 450 g/mol. The first-order valence-electron chi connectivity index (χ1n) is 12.5. The van der Waals surface area contributed by atoms with Crippen molar-refractivity contribution in [2.45, 2.75) is 6.92 Å². The Bertz CT molecular complexity index is 1830. The van der Waals surface area contributed by atoms with E-state index in [-0.39, 0.29) is 0 Å². The zero-order valence-electron chi connectivity index (χ0n) is 20.4. The minimum atomic E-state index is 0.835. The van der Waals surface area contributed by atoms with Gasteiger partial charge in [0, 0.05) is 16.7 Å². The fraction of sp³-hybridized carbons (Fsp3) is 0.0294. The Hall–Kier alpha value is -4.89. The van der Waals surface area contributed by atoms with E-state index in [1.165, 1.54) is 37.9 Å². The van der Waals surface area contributed by atoms with E-state index in [4.69, 9.17) is 0 Å². The topological polar surface area (TPSA) is 38.7 Å². The summed E-state index contributed by atoms with van der Waals surface area (Å²) in [5, 5.41) is 21.0. The van der Waals surface area contributed by atoms with Crippen LogP contribution in [0.5, 0.6) is 0 Å². The molecule has 3 nitrogen and oxygen atoms in total. The van der Waals surface area contributed by atoms with Crippen LogP contribution in [-0.2, 0) is 0 Å². The summed E-state index contributed by atoms with van der Waals surface area (Å²) < 4.78 is 0. The number of aryl methyl sites for hydroxylation is 1. The van der Waals surface area contributed by atoms with Gasteiger partial charge in [0.2, 0.25) is 0 Å². The Kier molecular flexibility index (Phi) is 5.00. The molecule has 0 aliphatic rings. The van der Waals surface area contributed by atoms with Crippen molar-refractivity contribution in [2.24, 2.45) is 0 Å². The van der Waals surface area contributed by atoms with Gasteiger partial charge in [0.15, 0.2) is 0 Å². The predicted molar refractivity (Wildman–Crippen MR) is 153 cm³/mol. The Morgan fingerprint density at radius 1 is 0.405 bits per heavy atom. The molecule has 0 amide bonds. The smallest absolute Gasteiger partial charge is 0.105 e. The summed E-state index contributed by atoms with van der Waals surface area (Å²) in [6, 6.07) is 42.5. The standard InChI is InChI=1S/C34H23N3/c1-22-20-21-29-27-18-9-8-16-25(27)26-17-10-11-19-28(26)31(29)30(22)32-33(23-12-4-2-5-13-23)35-37-36-34(32)24-14-6-3-7-15-24/h2-21H,1H3. The van der Waals surface area contributed by atoms with Crippen molar-refractivity contribution in [2.75, 3.05) is 0 Å². The summed E-state index contributed by atoms with van der Waals surface area (Å²) in [7, 11) is 0. The molecule has 0 radical (unpaired) electrons. The molecule has 0 fully saturated rings. The first-order valence-corrected chi connectivity index (χ1v) is 12.5. The van der Waals surface area contributed by atoms with Gasteiger partial charge in [-0.05, 0) is 55.6 Å². The van der Waals surface area contributed by atoms with E-state index in [0.717, 1.165) is 33.6 Å². The number of fused-ring (bicyclic) bond motifs is 6. The second-order valence-corrected chi connectivity index (χ2v) is 9.36. The van der Waals surface area contributed by atoms with Crippen molar-refractivity contribution in [3.63, 3.8) is 0 Å². The molecule has 37 heavy (non-hydrogen) atoms. The maximum atomic E-state index is 4.64. The highest BCUT2D eigenvalue weighted by Gasteiger charge is 2.23. The lowest BCUT2D eigenvalue weighted by atomic mass is 9.85. The van der Waals surface area contributed by atoms with Gasteiger partial charge in [0.05, 0.1) is 0 Å². The molecule has 6 aromatic carbocycles. The maximum Gasteiger partial charge on any atom is 0.105 e. The monoisotopic (exact) mass is 473 g/mol. The first kappa shape index (κ1) is 21.4. The van der Waals surface area contributed by atoms with Crippen LogP contribution < -0.4 is 0 Å². The van der Waals surface area contributed by atoms with Crippen molar-refractivity contribution in [1.82, 2.24) is 15.4 Å². The van der Waals surface area contributed by atoms with Gasteiger partial charge >= 0.3 is 0 Å². The molecule has 0 spiro atoms. The van der Waals surface area contributed by atoms with Crippen molar-refractivity contribution >= 4 is 32.3 Å². The first-order chi connectivity index (χ1) is 18.3. The number of benzene rings is 6. The van der Waals surface area contributed by atoms with Crippen LogP contribution in [0, 0.1) is 6.92 Å². The third kappa shape index (κ3) is 3.40. The van der Waals surface area contributed by atoms with E-state index in [9.17, 15) is 0 Å². The normalized spacial score (nSPS) is 11.4. The van der Waals surface area contributed by atoms with Crippen LogP contribution in [0.15, 0.2) is 121 Å². The van der Waals surface area contributed by atoms with E-state index >= 15 is 0 Å². The number of rotatable bonds is 3. The molecular formula is C34H23N3. The average Bonchev–Trinajstić information content (AvgIpc) is 2.98. The molecule has 0 unspecified atom stereocenters. The molecule has 0 N–H and O–H groups in total. The molecule has 0 aliphatic carbocycles. The Morgan fingerprint density at radius 3 is 1.38 bits per heavy atom. The van der Waals surface area contributed by atoms with E-state index in [0.29, 0.717) is 0 Å². The van der Waals surface area contributed by atoms with Crippen molar-refractivity contribution in [1.29, 1.82) is 0 Å². The van der Waals surface area contributed by atoms with Crippen LogP contribution in [-0.4, -0.2) is 15.4 Å². The molecule has 0 bridgehead atoms. The van der Waals surface area contributed by atoms with E-state index in [1.54, 1.807) is 0 Å². The molecule has 0 saturated heterocycles. The molecule has 1 heterocycles. The summed E-state index contributed by atoms with van der Waals surface area (Å²) in [6.07, 6.45) is 0. The van der Waals surface area contributed by atoms with E-state index < -0.39 is 0 Å².